The van der Waals surface area contributed by atoms with E-state index >= 15 is 0 Å². The number of carbonyl (C=O) groups is 1. The van der Waals surface area contributed by atoms with Gasteiger partial charge in [0.15, 0.2) is 11.5 Å². The third-order valence-corrected chi connectivity index (χ3v) is 6.25. The van der Waals surface area contributed by atoms with Gasteiger partial charge in [-0.2, -0.15) is 0 Å². The normalized spacial score (nSPS) is 24.7. The van der Waals surface area contributed by atoms with Crippen LogP contribution in [0.5, 0.6) is 17.2 Å². The van der Waals surface area contributed by atoms with Gasteiger partial charge in [-0.15, -0.1) is 0 Å². The number of hydrogen-bond donors (Lipinski definition) is 1. The number of likely N-dealkylation sites (tertiary alicyclic amines) is 1. The summed E-state index contributed by atoms with van der Waals surface area (Å²) >= 11 is 0. The number of nitrogens with one attached hydrogen (secondary N) is 1. The van der Waals surface area contributed by atoms with Crippen molar-refractivity contribution < 1.29 is 19.0 Å². The first-order chi connectivity index (χ1) is 13.1. The molecule has 6 heteroatoms. The van der Waals surface area contributed by atoms with Gasteiger partial charge in [-0.25, -0.2) is 0 Å². The zero-order valence-corrected chi connectivity index (χ0v) is 16.5. The van der Waals surface area contributed by atoms with Gasteiger partial charge in [0.05, 0.1) is 26.8 Å². The van der Waals surface area contributed by atoms with E-state index < -0.39 is 0 Å². The number of aromatic nitrogens is 1. The maximum absolute atomic E-state index is 13.4. The summed E-state index contributed by atoms with van der Waals surface area (Å²) < 4.78 is 16.5. The van der Waals surface area contributed by atoms with Crippen LogP contribution < -0.4 is 14.2 Å². The SMILES string of the molecule is COc1cc(OC)c2cc(C(=O)N3[C@H](C)C[C@H]4CCCC[C@H]43)[nH]c2c1OC. The summed E-state index contributed by atoms with van der Waals surface area (Å²) in [5, 5.41) is 0.825. The van der Waals surface area contributed by atoms with Crippen molar-refractivity contribution in [1.29, 1.82) is 0 Å². The quantitative estimate of drug-likeness (QED) is 0.881. The molecule has 146 valence electrons. The Hall–Kier alpha value is -2.37. The molecule has 1 aliphatic heterocycles. The molecule has 1 aromatic heterocycles. The Morgan fingerprint density at radius 1 is 1.07 bits per heavy atom. The van der Waals surface area contributed by atoms with Crippen molar-refractivity contribution in [2.75, 3.05) is 21.3 Å². The van der Waals surface area contributed by atoms with Crippen LogP contribution in [-0.2, 0) is 0 Å². The van der Waals surface area contributed by atoms with E-state index in [1.54, 1.807) is 27.4 Å². The van der Waals surface area contributed by atoms with Gasteiger partial charge in [0.1, 0.15) is 11.4 Å². The molecule has 1 amide bonds. The van der Waals surface area contributed by atoms with E-state index in [1.165, 1.54) is 19.3 Å². The van der Waals surface area contributed by atoms with Crippen LogP contribution in [-0.4, -0.2) is 49.2 Å². The number of methoxy groups -OCH3 is 3. The molecule has 6 nitrogen and oxygen atoms in total. The Kier molecular flexibility index (Phi) is 4.66. The molecular formula is C21H28N2O4. The minimum absolute atomic E-state index is 0.0659. The van der Waals surface area contributed by atoms with Crippen molar-refractivity contribution >= 4 is 16.8 Å². The minimum Gasteiger partial charge on any atom is -0.496 e. The monoisotopic (exact) mass is 372 g/mol. The van der Waals surface area contributed by atoms with Gasteiger partial charge in [0.25, 0.3) is 5.91 Å². The van der Waals surface area contributed by atoms with Crippen LogP contribution in [0.1, 0.15) is 49.5 Å². The fourth-order valence-electron chi connectivity index (χ4n) is 5.05. The number of nitrogens with zero attached hydrogens (tertiary/aromatic N) is 1. The highest BCUT2D eigenvalue weighted by Crippen LogP contribution is 2.43. The predicted molar refractivity (Wildman–Crippen MR) is 104 cm³/mol. The third-order valence-electron chi connectivity index (χ3n) is 6.25. The lowest BCUT2D eigenvalue weighted by atomic mass is 9.85. The van der Waals surface area contributed by atoms with E-state index in [1.807, 2.05) is 6.07 Å². The zero-order chi connectivity index (χ0) is 19.1. The minimum atomic E-state index is 0.0659. The molecule has 2 aromatic rings. The average Bonchev–Trinajstić information content (AvgIpc) is 3.26. The van der Waals surface area contributed by atoms with Crippen molar-refractivity contribution in [3.63, 3.8) is 0 Å². The Morgan fingerprint density at radius 3 is 2.52 bits per heavy atom. The number of H-pyrrole nitrogens is 1. The third kappa shape index (κ3) is 2.82. The van der Waals surface area contributed by atoms with E-state index in [0.29, 0.717) is 34.9 Å². The van der Waals surface area contributed by atoms with E-state index in [0.717, 1.165) is 23.7 Å². The standard InChI is InChI=1S/C21H28N2O4/c1-12-9-13-7-5-6-8-16(13)23(12)21(24)15-10-14-17(25-2)11-18(26-3)20(27-4)19(14)22-15/h10-13,16,22H,5-9H2,1-4H3/t12-,13-,16-/m1/s1. The highest BCUT2D eigenvalue weighted by molar-refractivity contribution is 6.02. The van der Waals surface area contributed by atoms with Gasteiger partial charge < -0.3 is 24.1 Å². The Labute approximate surface area is 159 Å². The van der Waals surface area contributed by atoms with Crippen molar-refractivity contribution in [1.82, 2.24) is 9.88 Å². The number of fused-ring (bicyclic) bond motifs is 2. The number of aromatic amines is 1. The first-order valence-electron chi connectivity index (χ1n) is 9.73. The molecule has 2 heterocycles. The molecule has 1 saturated carbocycles. The fraction of sp³-hybridized carbons (Fsp3) is 0.571. The van der Waals surface area contributed by atoms with Gasteiger partial charge in [-0.1, -0.05) is 12.8 Å². The molecule has 1 saturated heterocycles. The highest BCUT2D eigenvalue weighted by atomic mass is 16.5. The van der Waals surface area contributed by atoms with Gasteiger partial charge in [0.2, 0.25) is 0 Å². The topological polar surface area (TPSA) is 63.8 Å². The van der Waals surface area contributed by atoms with Crippen LogP contribution in [0.15, 0.2) is 12.1 Å². The molecule has 1 N–H and O–H groups in total. The Balaban J connectivity index is 1.76. The molecule has 2 aliphatic rings. The summed E-state index contributed by atoms with van der Waals surface area (Å²) in [6, 6.07) is 4.31. The average molecular weight is 372 g/mol. The largest absolute Gasteiger partial charge is 0.496 e. The maximum Gasteiger partial charge on any atom is 0.270 e. The number of ether oxygens (including phenoxy) is 3. The van der Waals surface area contributed by atoms with Crippen molar-refractivity contribution in [2.45, 2.75) is 51.1 Å². The second kappa shape index (κ2) is 6.98. The molecule has 4 rings (SSSR count). The molecule has 27 heavy (non-hydrogen) atoms. The molecule has 0 unspecified atom stereocenters. The maximum atomic E-state index is 13.4. The lowest BCUT2D eigenvalue weighted by Crippen LogP contribution is -2.42. The van der Waals surface area contributed by atoms with Crippen LogP contribution in [0.25, 0.3) is 10.9 Å². The van der Waals surface area contributed by atoms with E-state index in [-0.39, 0.29) is 11.9 Å². The number of hydrogen-bond acceptors (Lipinski definition) is 4. The lowest BCUT2D eigenvalue weighted by Gasteiger charge is -2.33. The first-order valence-corrected chi connectivity index (χ1v) is 9.73. The van der Waals surface area contributed by atoms with E-state index in [9.17, 15) is 4.79 Å². The molecular weight excluding hydrogens is 344 g/mol. The summed E-state index contributed by atoms with van der Waals surface area (Å²) in [7, 11) is 4.80. The second-order valence-corrected chi connectivity index (χ2v) is 7.70. The van der Waals surface area contributed by atoms with Crippen LogP contribution in [0.3, 0.4) is 0 Å². The smallest absolute Gasteiger partial charge is 0.270 e. The van der Waals surface area contributed by atoms with E-state index in [4.69, 9.17) is 14.2 Å². The van der Waals surface area contributed by atoms with E-state index in [2.05, 4.69) is 16.8 Å². The van der Waals surface area contributed by atoms with Crippen LogP contribution in [0, 0.1) is 5.92 Å². The summed E-state index contributed by atoms with van der Waals surface area (Å²) in [6.45, 7) is 2.17. The predicted octanol–water partition coefficient (Wildman–Crippen LogP) is 3.99. The summed E-state index contributed by atoms with van der Waals surface area (Å²) in [5.74, 6) is 2.52. The van der Waals surface area contributed by atoms with Crippen molar-refractivity contribution in [2.24, 2.45) is 5.92 Å². The van der Waals surface area contributed by atoms with Gasteiger partial charge in [-0.3, -0.25) is 4.79 Å². The molecule has 0 spiro atoms. The summed E-state index contributed by atoms with van der Waals surface area (Å²) in [5.41, 5.74) is 1.30. The molecule has 1 aromatic carbocycles. The Bertz CT molecular complexity index is 859. The number of benzene rings is 1. The Morgan fingerprint density at radius 2 is 1.81 bits per heavy atom. The molecule has 2 fully saturated rings. The summed E-state index contributed by atoms with van der Waals surface area (Å²) in [4.78, 5) is 18.8. The van der Waals surface area contributed by atoms with Crippen LogP contribution in [0.4, 0.5) is 0 Å². The number of rotatable bonds is 4. The van der Waals surface area contributed by atoms with Crippen LogP contribution >= 0.6 is 0 Å². The van der Waals surface area contributed by atoms with Gasteiger partial charge in [-0.05, 0) is 38.2 Å². The zero-order valence-electron chi connectivity index (χ0n) is 16.5. The second-order valence-electron chi connectivity index (χ2n) is 7.70. The summed E-state index contributed by atoms with van der Waals surface area (Å²) in [6.07, 6.45) is 5.96. The van der Waals surface area contributed by atoms with Crippen molar-refractivity contribution in [3.05, 3.63) is 17.8 Å². The molecule has 3 atom stereocenters. The van der Waals surface area contributed by atoms with Crippen molar-refractivity contribution in [3.8, 4) is 17.2 Å². The number of amides is 1. The highest BCUT2D eigenvalue weighted by Gasteiger charge is 2.43. The molecule has 0 radical (unpaired) electrons. The molecule has 0 bridgehead atoms. The first kappa shape index (κ1) is 18.0. The van der Waals surface area contributed by atoms with Gasteiger partial charge in [0, 0.05) is 23.5 Å². The fourth-order valence-corrected chi connectivity index (χ4v) is 5.05. The van der Waals surface area contributed by atoms with Crippen LogP contribution in [0.2, 0.25) is 0 Å². The number of carbonyl (C=O) groups excluding carboxylic acids is 1. The lowest BCUT2D eigenvalue weighted by molar-refractivity contribution is 0.0628. The molecule has 1 aliphatic carbocycles. The van der Waals surface area contributed by atoms with Gasteiger partial charge >= 0.3 is 0 Å².